The molecule has 23 heavy (non-hydrogen) atoms. The Morgan fingerprint density at radius 3 is 2.52 bits per heavy atom. The summed E-state index contributed by atoms with van der Waals surface area (Å²) in [5.41, 5.74) is 6.33. The highest BCUT2D eigenvalue weighted by Crippen LogP contribution is 2.17. The second-order valence-electron chi connectivity index (χ2n) is 5.54. The van der Waals surface area contributed by atoms with Crippen molar-refractivity contribution in [1.29, 1.82) is 5.26 Å². The van der Waals surface area contributed by atoms with Gasteiger partial charge in [0.05, 0.1) is 0 Å². The minimum absolute atomic E-state index is 0.0680. The minimum atomic E-state index is -0.395. The van der Waals surface area contributed by atoms with Gasteiger partial charge < -0.3 is 16.0 Å². The number of piperidine rings is 1. The van der Waals surface area contributed by atoms with Gasteiger partial charge in [-0.2, -0.15) is 5.26 Å². The lowest BCUT2D eigenvalue weighted by Gasteiger charge is -2.29. The van der Waals surface area contributed by atoms with E-state index < -0.39 is 5.91 Å². The third-order valence-electron chi connectivity index (χ3n) is 3.90. The van der Waals surface area contributed by atoms with Crippen molar-refractivity contribution in [3.63, 3.8) is 0 Å². The average Bonchev–Trinajstić information content (AvgIpc) is 2.59. The van der Waals surface area contributed by atoms with Crippen molar-refractivity contribution in [1.82, 2.24) is 10.2 Å². The number of carbonyl (C=O) groups excluding carboxylic acids is 2. The first kappa shape index (κ1) is 16.6. The van der Waals surface area contributed by atoms with E-state index in [-0.39, 0.29) is 17.4 Å². The molecule has 6 nitrogen and oxygen atoms in total. The van der Waals surface area contributed by atoms with Crippen LogP contribution in [-0.4, -0.2) is 29.8 Å². The molecule has 2 amide bonds. The highest BCUT2D eigenvalue weighted by atomic mass is 16.2. The van der Waals surface area contributed by atoms with E-state index >= 15 is 0 Å². The quantitative estimate of drug-likeness (QED) is 0.623. The van der Waals surface area contributed by atoms with Gasteiger partial charge in [-0.05, 0) is 18.4 Å². The number of nitrogens with zero attached hydrogens (tertiary/aromatic N) is 2. The van der Waals surface area contributed by atoms with E-state index in [1.807, 2.05) is 41.3 Å². The van der Waals surface area contributed by atoms with Crippen molar-refractivity contribution < 1.29 is 9.59 Å². The highest BCUT2D eigenvalue weighted by Gasteiger charge is 2.22. The van der Waals surface area contributed by atoms with Gasteiger partial charge >= 0.3 is 0 Å². The molecule has 0 spiro atoms. The van der Waals surface area contributed by atoms with Crippen LogP contribution in [0.1, 0.15) is 18.4 Å². The van der Waals surface area contributed by atoms with E-state index in [1.165, 1.54) is 0 Å². The molecule has 1 aliphatic rings. The Morgan fingerprint density at radius 1 is 1.30 bits per heavy atom. The molecule has 0 radical (unpaired) electrons. The van der Waals surface area contributed by atoms with Crippen LogP contribution < -0.4 is 11.1 Å². The molecule has 0 bridgehead atoms. The van der Waals surface area contributed by atoms with E-state index in [0.717, 1.165) is 5.56 Å². The van der Waals surface area contributed by atoms with Gasteiger partial charge in [0.15, 0.2) is 0 Å². The fourth-order valence-electron chi connectivity index (χ4n) is 2.51. The molecular weight excluding hydrogens is 292 g/mol. The fourth-order valence-corrected chi connectivity index (χ4v) is 2.51. The summed E-state index contributed by atoms with van der Waals surface area (Å²) in [7, 11) is 0. The molecule has 1 aromatic rings. The van der Waals surface area contributed by atoms with E-state index in [4.69, 9.17) is 5.73 Å². The van der Waals surface area contributed by atoms with Crippen molar-refractivity contribution in [2.75, 3.05) is 13.1 Å². The number of rotatable bonds is 5. The van der Waals surface area contributed by atoms with Crippen molar-refractivity contribution in [3.05, 3.63) is 47.7 Å². The second-order valence-corrected chi connectivity index (χ2v) is 5.54. The van der Waals surface area contributed by atoms with E-state index in [1.54, 1.807) is 6.20 Å². The topological polar surface area (TPSA) is 99.2 Å². The number of amides is 2. The summed E-state index contributed by atoms with van der Waals surface area (Å²) in [5, 5.41) is 11.9. The zero-order chi connectivity index (χ0) is 16.7. The van der Waals surface area contributed by atoms with Gasteiger partial charge in [0, 0.05) is 31.8 Å². The Hall–Kier alpha value is -2.81. The predicted molar refractivity (Wildman–Crippen MR) is 85.5 cm³/mol. The number of nitrogens with one attached hydrogen (secondary N) is 1. The number of carbonyl (C=O) groups is 2. The van der Waals surface area contributed by atoms with Crippen LogP contribution in [0.3, 0.4) is 0 Å². The monoisotopic (exact) mass is 312 g/mol. The number of nitriles is 1. The first-order valence-electron chi connectivity index (χ1n) is 7.57. The van der Waals surface area contributed by atoms with E-state index in [9.17, 15) is 14.9 Å². The van der Waals surface area contributed by atoms with Gasteiger partial charge in [-0.25, -0.2) is 0 Å². The van der Waals surface area contributed by atoms with Crippen molar-refractivity contribution in [2.24, 2.45) is 11.7 Å². The molecule has 0 aliphatic carbocycles. The lowest BCUT2D eigenvalue weighted by molar-refractivity contribution is -0.123. The molecule has 1 fully saturated rings. The van der Waals surface area contributed by atoms with Crippen LogP contribution in [0.4, 0.5) is 0 Å². The summed E-state index contributed by atoms with van der Waals surface area (Å²) in [6, 6.07) is 11.4. The zero-order valence-corrected chi connectivity index (χ0v) is 12.9. The molecule has 1 heterocycles. The largest absolute Gasteiger partial charge is 0.376 e. The molecular formula is C17H20N4O2. The van der Waals surface area contributed by atoms with Crippen LogP contribution in [0, 0.1) is 17.2 Å². The number of hydrogen-bond acceptors (Lipinski definition) is 4. The lowest BCUT2D eigenvalue weighted by atomic mass is 9.96. The number of hydrogen-bond donors (Lipinski definition) is 2. The van der Waals surface area contributed by atoms with Gasteiger partial charge in [-0.1, -0.05) is 30.3 Å². The SMILES string of the molecule is N#C/C(=C\N1CCC(C(N)=O)CC1)C(=O)NCc1ccccc1. The van der Waals surface area contributed by atoms with Gasteiger partial charge in [-0.15, -0.1) is 0 Å². The third kappa shape index (κ3) is 4.85. The van der Waals surface area contributed by atoms with Gasteiger partial charge in [0.25, 0.3) is 5.91 Å². The van der Waals surface area contributed by atoms with Crippen LogP contribution in [0.5, 0.6) is 0 Å². The molecule has 0 aromatic heterocycles. The Bertz CT molecular complexity index is 626. The molecule has 0 saturated carbocycles. The summed E-state index contributed by atoms with van der Waals surface area (Å²) < 4.78 is 0. The van der Waals surface area contributed by atoms with Crippen LogP contribution in [-0.2, 0) is 16.1 Å². The highest BCUT2D eigenvalue weighted by molar-refractivity contribution is 5.97. The van der Waals surface area contributed by atoms with Crippen molar-refractivity contribution in [2.45, 2.75) is 19.4 Å². The molecule has 0 atom stereocenters. The lowest BCUT2D eigenvalue weighted by Crippen LogP contribution is -2.36. The number of primary amides is 1. The van der Waals surface area contributed by atoms with Crippen molar-refractivity contribution >= 4 is 11.8 Å². The summed E-state index contributed by atoms with van der Waals surface area (Å²) in [6.07, 6.45) is 2.86. The van der Waals surface area contributed by atoms with Gasteiger partial charge in [0.2, 0.25) is 5.91 Å². The Balaban J connectivity index is 1.90. The number of likely N-dealkylation sites (tertiary alicyclic amines) is 1. The Kier molecular flexibility index (Phi) is 5.75. The summed E-state index contributed by atoms with van der Waals surface area (Å²) in [4.78, 5) is 25.1. The second kappa shape index (κ2) is 7.99. The fraction of sp³-hybridized carbons (Fsp3) is 0.353. The maximum absolute atomic E-state index is 12.1. The first-order valence-corrected chi connectivity index (χ1v) is 7.57. The standard InChI is InChI=1S/C17H20N4O2/c18-10-15(12-21-8-6-14(7-9-21)16(19)22)17(23)20-11-13-4-2-1-3-5-13/h1-5,12,14H,6-9,11H2,(H2,19,22)(H,20,23)/b15-12+. The number of benzene rings is 1. The van der Waals surface area contributed by atoms with E-state index in [0.29, 0.717) is 32.5 Å². The third-order valence-corrected chi connectivity index (χ3v) is 3.90. The van der Waals surface area contributed by atoms with Crippen LogP contribution >= 0.6 is 0 Å². The molecule has 3 N–H and O–H groups in total. The van der Waals surface area contributed by atoms with Crippen LogP contribution in [0.15, 0.2) is 42.1 Å². The molecule has 1 saturated heterocycles. The summed E-state index contributed by atoms with van der Waals surface area (Å²) in [6.45, 7) is 1.61. The average molecular weight is 312 g/mol. The molecule has 0 unspecified atom stereocenters. The Labute approximate surface area is 135 Å². The molecule has 1 aromatic carbocycles. The maximum Gasteiger partial charge on any atom is 0.263 e. The van der Waals surface area contributed by atoms with Crippen molar-refractivity contribution in [3.8, 4) is 6.07 Å². The van der Waals surface area contributed by atoms with E-state index in [2.05, 4.69) is 5.32 Å². The normalized spacial score (nSPS) is 15.8. The maximum atomic E-state index is 12.1. The molecule has 120 valence electrons. The number of nitrogens with two attached hydrogens (primary N) is 1. The smallest absolute Gasteiger partial charge is 0.263 e. The predicted octanol–water partition coefficient (Wildman–Crippen LogP) is 0.908. The first-order chi connectivity index (χ1) is 11.1. The van der Waals surface area contributed by atoms with Crippen LogP contribution in [0.25, 0.3) is 0 Å². The van der Waals surface area contributed by atoms with Gasteiger partial charge in [-0.3, -0.25) is 9.59 Å². The summed E-state index contributed by atoms with van der Waals surface area (Å²) >= 11 is 0. The molecule has 1 aliphatic heterocycles. The van der Waals surface area contributed by atoms with Crippen LogP contribution in [0.2, 0.25) is 0 Å². The zero-order valence-electron chi connectivity index (χ0n) is 12.9. The molecule has 2 rings (SSSR count). The molecule has 6 heteroatoms. The minimum Gasteiger partial charge on any atom is -0.376 e. The summed E-state index contributed by atoms with van der Waals surface area (Å²) in [5.74, 6) is -0.791. The van der Waals surface area contributed by atoms with Gasteiger partial charge in [0.1, 0.15) is 11.6 Å². The Morgan fingerprint density at radius 2 is 1.96 bits per heavy atom.